The number of anilines is 1. The van der Waals surface area contributed by atoms with Crippen LogP contribution in [-0.2, 0) is 6.54 Å². The predicted molar refractivity (Wildman–Crippen MR) is 130 cm³/mol. The van der Waals surface area contributed by atoms with E-state index in [9.17, 15) is 22.8 Å². The van der Waals surface area contributed by atoms with Gasteiger partial charge >= 0.3 is 6.36 Å². The van der Waals surface area contributed by atoms with E-state index in [1.165, 1.54) is 24.4 Å². The van der Waals surface area contributed by atoms with Gasteiger partial charge in [-0.1, -0.05) is 30.3 Å². The minimum Gasteiger partial charge on any atom is -0.405 e. The van der Waals surface area contributed by atoms with E-state index in [1.54, 1.807) is 30.3 Å². The Hall–Kier alpha value is -4.19. The monoisotopic (exact) mass is 514 g/mol. The maximum absolute atomic E-state index is 12.8. The highest BCUT2D eigenvalue weighted by molar-refractivity contribution is 5.97. The number of nitrogens with zero attached hydrogens (tertiary/aromatic N) is 2. The van der Waals surface area contributed by atoms with Crippen LogP contribution in [0.1, 0.15) is 39.3 Å². The van der Waals surface area contributed by atoms with E-state index in [0.29, 0.717) is 17.8 Å². The fourth-order valence-electron chi connectivity index (χ4n) is 3.90. The Morgan fingerprint density at radius 1 is 1.14 bits per heavy atom. The molecule has 2 heterocycles. The molecule has 1 aromatic heterocycles. The van der Waals surface area contributed by atoms with Crippen LogP contribution >= 0.6 is 0 Å². The lowest BCUT2D eigenvalue weighted by molar-refractivity contribution is -0.274. The van der Waals surface area contributed by atoms with Gasteiger partial charge in [-0.05, 0) is 37.6 Å². The molecule has 0 spiro atoms. The van der Waals surface area contributed by atoms with Crippen molar-refractivity contribution in [3.05, 3.63) is 71.5 Å². The molecule has 2 aromatic carbocycles. The molecule has 5 N–H and O–H groups in total. The maximum Gasteiger partial charge on any atom is 0.573 e. The first kappa shape index (κ1) is 25.9. The average Bonchev–Trinajstić information content (AvgIpc) is 2.88. The second kappa shape index (κ2) is 11.2. The maximum atomic E-state index is 12.8. The number of nitrogens with two attached hydrogens (primary N) is 1. The summed E-state index contributed by atoms with van der Waals surface area (Å²) in [5.74, 6) is -1.36. The van der Waals surface area contributed by atoms with Crippen molar-refractivity contribution < 1.29 is 27.5 Å². The number of piperidine rings is 1. The molecule has 12 heteroatoms. The molecule has 1 atom stereocenters. The highest BCUT2D eigenvalue weighted by Gasteiger charge is 2.32. The number of nitrogens with one attached hydrogen (secondary N) is 3. The lowest BCUT2D eigenvalue weighted by atomic mass is 10.1. The first-order valence-electron chi connectivity index (χ1n) is 11.6. The molecule has 0 unspecified atom stereocenters. The zero-order valence-corrected chi connectivity index (χ0v) is 19.6. The number of alkyl halides is 3. The zero-order chi connectivity index (χ0) is 26.4. The molecule has 3 aromatic rings. The topological polar surface area (TPSA) is 131 Å². The summed E-state index contributed by atoms with van der Waals surface area (Å²) in [6, 6.07) is 11.9. The predicted octanol–water partition coefficient (Wildman–Crippen LogP) is 3.04. The number of aromatic nitrogens is 2. The molecule has 194 valence electrons. The molecule has 1 saturated heterocycles. The fourth-order valence-corrected chi connectivity index (χ4v) is 3.90. The van der Waals surface area contributed by atoms with Gasteiger partial charge in [0, 0.05) is 35.8 Å². The van der Waals surface area contributed by atoms with Crippen molar-refractivity contribution in [1.82, 2.24) is 25.9 Å². The van der Waals surface area contributed by atoms with E-state index in [-0.39, 0.29) is 35.2 Å². The summed E-state index contributed by atoms with van der Waals surface area (Å²) in [5, 5.41) is 8.72. The molecule has 0 aliphatic carbocycles. The van der Waals surface area contributed by atoms with Gasteiger partial charge in [0.05, 0.1) is 11.9 Å². The normalized spacial score (nSPS) is 15.6. The third kappa shape index (κ3) is 6.94. The third-order valence-corrected chi connectivity index (χ3v) is 5.71. The lowest BCUT2D eigenvalue weighted by Crippen LogP contribution is -2.46. The summed E-state index contributed by atoms with van der Waals surface area (Å²) >= 11 is 0. The second-order valence-electron chi connectivity index (χ2n) is 8.42. The Balaban J connectivity index is 1.47. The number of carbonyl (C=O) groups is 2. The van der Waals surface area contributed by atoms with Crippen molar-refractivity contribution in [2.45, 2.75) is 31.8 Å². The van der Waals surface area contributed by atoms with Crippen molar-refractivity contribution in [2.24, 2.45) is 0 Å². The Bertz CT molecular complexity index is 1280. The summed E-state index contributed by atoms with van der Waals surface area (Å²) < 4.78 is 42.0. The van der Waals surface area contributed by atoms with Crippen molar-refractivity contribution in [2.75, 3.05) is 18.8 Å². The minimum atomic E-state index is -4.85. The highest BCUT2D eigenvalue weighted by atomic mass is 19.4. The number of rotatable bonds is 7. The molecule has 9 nitrogen and oxygen atoms in total. The van der Waals surface area contributed by atoms with Gasteiger partial charge in [0.2, 0.25) is 0 Å². The van der Waals surface area contributed by atoms with Crippen LogP contribution < -0.4 is 26.4 Å². The van der Waals surface area contributed by atoms with Gasteiger partial charge in [0.25, 0.3) is 11.8 Å². The van der Waals surface area contributed by atoms with Crippen LogP contribution in [0.3, 0.4) is 0 Å². The number of nitrogen functional groups attached to an aromatic ring is 1. The summed E-state index contributed by atoms with van der Waals surface area (Å²) in [5.41, 5.74) is 7.13. The van der Waals surface area contributed by atoms with Gasteiger partial charge in [-0.2, -0.15) is 0 Å². The molecule has 2 amide bonds. The summed E-state index contributed by atoms with van der Waals surface area (Å²) in [4.78, 5) is 34.0. The van der Waals surface area contributed by atoms with Crippen molar-refractivity contribution in [1.29, 1.82) is 0 Å². The van der Waals surface area contributed by atoms with E-state index in [1.807, 2.05) is 0 Å². The van der Waals surface area contributed by atoms with E-state index in [2.05, 4.69) is 30.7 Å². The Kier molecular flexibility index (Phi) is 7.87. The molecule has 0 radical (unpaired) electrons. The Labute approximate surface area is 210 Å². The minimum absolute atomic E-state index is 0.0146. The number of carbonyl (C=O) groups excluding carboxylic acids is 2. The molecule has 4 rings (SSSR count). The van der Waals surface area contributed by atoms with Gasteiger partial charge in [-0.15, -0.1) is 13.2 Å². The number of para-hydroxylation sites is 1. The van der Waals surface area contributed by atoms with E-state index in [0.717, 1.165) is 19.4 Å². The molecule has 0 bridgehead atoms. The van der Waals surface area contributed by atoms with E-state index >= 15 is 0 Å². The fraction of sp³-hybridized carbons (Fsp3) is 0.280. The van der Waals surface area contributed by atoms with Gasteiger partial charge in [-0.3, -0.25) is 9.59 Å². The lowest BCUT2D eigenvalue weighted by Gasteiger charge is -2.23. The molecular formula is C25H25F3N6O3. The molecule has 1 aliphatic heterocycles. The standard InChI is InChI=1S/C25H25F3N6O3/c26-25(27,28)37-20-9-2-1-5-17(20)12-32-23(35)16-7-3-6-15(11-16)19-14-31-22(29)21(34-19)24(36)33-18-8-4-10-30-13-18/h1-3,5-7,9,11,14,18,30H,4,8,10,12-13H2,(H2,29,31)(H,32,35)(H,33,36)/t18-/m0/s1. The summed E-state index contributed by atoms with van der Waals surface area (Å²) in [6.45, 7) is 1.38. The quantitative estimate of drug-likeness (QED) is 0.381. The first-order chi connectivity index (χ1) is 17.7. The Morgan fingerprint density at radius 2 is 1.95 bits per heavy atom. The Morgan fingerprint density at radius 3 is 2.70 bits per heavy atom. The number of hydrogen-bond acceptors (Lipinski definition) is 7. The zero-order valence-electron chi connectivity index (χ0n) is 19.6. The number of ether oxygens (including phenoxy) is 1. The van der Waals surface area contributed by atoms with Crippen LogP contribution in [0.25, 0.3) is 11.3 Å². The summed E-state index contributed by atoms with van der Waals surface area (Å²) in [7, 11) is 0. The molecule has 1 fully saturated rings. The van der Waals surface area contributed by atoms with Crippen LogP contribution in [0, 0.1) is 0 Å². The van der Waals surface area contributed by atoms with Crippen LogP contribution in [0.4, 0.5) is 19.0 Å². The number of benzene rings is 2. The number of halogens is 3. The average molecular weight is 515 g/mol. The molecular weight excluding hydrogens is 489 g/mol. The van der Waals surface area contributed by atoms with Gasteiger partial charge in [0.15, 0.2) is 11.5 Å². The largest absolute Gasteiger partial charge is 0.573 e. The first-order valence-corrected chi connectivity index (χ1v) is 11.6. The van der Waals surface area contributed by atoms with Crippen molar-refractivity contribution in [3.8, 4) is 17.0 Å². The molecule has 1 aliphatic rings. The van der Waals surface area contributed by atoms with Crippen LogP contribution in [-0.4, -0.2) is 47.3 Å². The second-order valence-corrected chi connectivity index (χ2v) is 8.42. The molecule has 37 heavy (non-hydrogen) atoms. The van der Waals surface area contributed by atoms with Gasteiger partial charge in [-0.25, -0.2) is 9.97 Å². The number of amides is 2. The molecule has 0 saturated carbocycles. The van der Waals surface area contributed by atoms with Crippen LogP contribution in [0.5, 0.6) is 5.75 Å². The van der Waals surface area contributed by atoms with Gasteiger partial charge in [0.1, 0.15) is 5.75 Å². The third-order valence-electron chi connectivity index (χ3n) is 5.71. The highest BCUT2D eigenvalue weighted by Crippen LogP contribution is 2.26. The van der Waals surface area contributed by atoms with Crippen molar-refractivity contribution >= 4 is 17.6 Å². The van der Waals surface area contributed by atoms with E-state index < -0.39 is 23.9 Å². The van der Waals surface area contributed by atoms with Crippen molar-refractivity contribution in [3.63, 3.8) is 0 Å². The summed E-state index contributed by atoms with van der Waals surface area (Å²) in [6.07, 6.45) is -1.66. The SMILES string of the molecule is Nc1ncc(-c2cccc(C(=O)NCc3ccccc3OC(F)(F)F)c2)nc1C(=O)N[C@H]1CCCNC1. The van der Waals surface area contributed by atoms with E-state index in [4.69, 9.17) is 5.73 Å². The van der Waals surface area contributed by atoms with Crippen LogP contribution in [0.2, 0.25) is 0 Å². The van der Waals surface area contributed by atoms with Gasteiger partial charge < -0.3 is 26.4 Å². The van der Waals surface area contributed by atoms with Crippen LogP contribution in [0.15, 0.2) is 54.7 Å². The smallest absolute Gasteiger partial charge is 0.405 e. The number of hydrogen-bond donors (Lipinski definition) is 4.